The molecule has 12 N–H and O–H groups in total. The van der Waals surface area contributed by atoms with E-state index in [1.54, 1.807) is 6.08 Å². The highest BCUT2D eigenvalue weighted by molar-refractivity contribution is 5.76. The van der Waals surface area contributed by atoms with Crippen molar-refractivity contribution in [2.75, 3.05) is 26.4 Å². The fraction of sp³-hybridized carbons (Fsp3) is 0.941. The van der Waals surface area contributed by atoms with E-state index in [0.717, 1.165) is 38.5 Å². The Labute approximate surface area is 632 Å². The molecule has 104 heavy (non-hydrogen) atoms. The van der Waals surface area contributed by atoms with Crippen molar-refractivity contribution < 1.29 is 89.4 Å². The Balaban J connectivity index is 1.32. The summed E-state index contributed by atoms with van der Waals surface area (Å²) >= 11 is 0. The Morgan fingerprint density at radius 3 is 0.962 bits per heavy atom. The van der Waals surface area contributed by atoms with Gasteiger partial charge in [0.25, 0.3) is 0 Å². The summed E-state index contributed by atoms with van der Waals surface area (Å²) in [7, 11) is 0. The van der Waals surface area contributed by atoms with Gasteiger partial charge in [0.15, 0.2) is 18.9 Å². The molecule has 3 saturated heterocycles. The highest BCUT2D eigenvalue weighted by Crippen LogP contribution is 2.34. The molecule has 3 fully saturated rings. The molecular formula is C85H161NO18. The van der Waals surface area contributed by atoms with Crippen LogP contribution in [0, 0.1) is 0 Å². The number of amides is 1. The first kappa shape index (κ1) is 96.5. The summed E-state index contributed by atoms with van der Waals surface area (Å²) in [5, 5.41) is 121. The van der Waals surface area contributed by atoms with Crippen LogP contribution in [-0.2, 0) is 33.2 Å². The molecule has 0 aliphatic carbocycles. The van der Waals surface area contributed by atoms with Crippen LogP contribution in [0.2, 0.25) is 0 Å². The zero-order valence-corrected chi connectivity index (χ0v) is 66.0. The molecule has 0 aromatic carbocycles. The lowest BCUT2D eigenvalue weighted by atomic mass is 9.96. The molecule has 1 amide bonds. The third kappa shape index (κ3) is 44.9. The van der Waals surface area contributed by atoms with E-state index in [0.29, 0.717) is 12.8 Å². The predicted octanol–water partition coefficient (Wildman–Crippen LogP) is 15.7. The summed E-state index contributed by atoms with van der Waals surface area (Å²) in [5.41, 5.74) is 0. The van der Waals surface area contributed by atoms with Gasteiger partial charge in [-0.1, -0.05) is 366 Å². The van der Waals surface area contributed by atoms with Gasteiger partial charge in [-0.3, -0.25) is 4.79 Å². The predicted molar refractivity (Wildman–Crippen MR) is 416 cm³/mol. The van der Waals surface area contributed by atoms with Crippen LogP contribution in [0.5, 0.6) is 0 Å². The number of aliphatic hydroxyl groups is 11. The van der Waals surface area contributed by atoms with Crippen molar-refractivity contribution in [1.29, 1.82) is 0 Å². The van der Waals surface area contributed by atoms with Gasteiger partial charge in [-0.25, -0.2) is 0 Å². The van der Waals surface area contributed by atoms with E-state index in [4.69, 9.17) is 28.4 Å². The first-order chi connectivity index (χ1) is 50.8. The topological polar surface area (TPSA) is 307 Å². The second kappa shape index (κ2) is 65.9. The molecular weight excluding hydrogens is 1320 g/mol. The highest BCUT2D eigenvalue weighted by Gasteiger charge is 2.54. The van der Waals surface area contributed by atoms with Crippen LogP contribution < -0.4 is 5.32 Å². The zero-order chi connectivity index (χ0) is 75.3. The molecule has 614 valence electrons. The standard InChI is InChI=1S/C85H161NO18/c1-3-5-7-9-11-13-15-17-19-21-23-25-27-28-29-30-31-32-33-34-35-36-37-38-39-40-41-43-45-47-49-51-53-55-57-59-61-63-73(91)86-68(69(90)62-60-58-56-54-52-50-48-46-44-42-26-24-22-20-18-16-14-12-10-8-6-4-2)67-99-83-79(97)76(94)81(71(65-88)101-83)104-85-80(98)77(95)82(72(66-89)102-85)103-84-78(96)75(93)74(92)70(64-87)100-84/h52,54,60,62,68-72,74-85,87-90,92-98H,3-51,53,55-59,61,63-67H2,1-2H3,(H,86,91)/b54-52+,62-60+. The van der Waals surface area contributed by atoms with Gasteiger partial charge in [0, 0.05) is 6.42 Å². The first-order valence-electron chi connectivity index (χ1n) is 43.6. The molecule has 0 spiro atoms. The van der Waals surface area contributed by atoms with Crippen LogP contribution in [0.3, 0.4) is 0 Å². The van der Waals surface area contributed by atoms with Crippen molar-refractivity contribution in [3.8, 4) is 0 Å². The molecule has 3 heterocycles. The van der Waals surface area contributed by atoms with Crippen LogP contribution >= 0.6 is 0 Å². The smallest absolute Gasteiger partial charge is 0.220 e. The average molecular weight is 1490 g/mol. The number of unbranched alkanes of at least 4 members (excludes halogenated alkanes) is 53. The molecule has 0 radical (unpaired) electrons. The maximum Gasteiger partial charge on any atom is 0.220 e. The van der Waals surface area contributed by atoms with E-state index in [-0.39, 0.29) is 18.9 Å². The molecule has 3 aliphatic rings. The molecule has 3 rings (SSSR count). The Hall–Kier alpha value is -1.73. The van der Waals surface area contributed by atoms with E-state index in [9.17, 15) is 61.0 Å². The fourth-order valence-electron chi connectivity index (χ4n) is 15.0. The van der Waals surface area contributed by atoms with Crippen molar-refractivity contribution in [3.05, 3.63) is 24.3 Å². The monoisotopic (exact) mass is 1480 g/mol. The maximum absolute atomic E-state index is 13.5. The first-order valence-corrected chi connectivity index (χ1v) is 43.6. The number of allylic oxidation sites excluding steroid dienone is 3. The molecule has 3 aliphatic heterocycles. The molecule has 19 heteroatoms. The van der Waals surface area contributed by atoms with Gasteiger partial charge >= 0.3 is 0 Å². The van der Waals surface area contributed by atoms with Gasteiger partial charge in [-0.2, -0.15) is 0 Å². The van der Waals surface area contributed by atoms with Crippen LogP contribution in [0.15, 0.2) is 24.3 Å². The van der Waals surface area contributed by atoms with Crippen molar-refractivity contribution in [2.45, 2.75) is 484 Å². The van der Waals surface area contributed by atoms with E-state index in [1.807, 2.05) is 6.08 Å². The van der Waals surface area contributed by atoms with Gasteiger partial charge in [-0.05, 0) is 32.1 Å². The third-order valence-electron chi connectivity index (χ3n) is 22.0. The molecule has 0 aromatic rings. The van der Waals surface area contributed by atoms with E-state index < -0.39 is 124 Å². The highest BCUT2D eigenvalue weighted by atomic mass is 16.8. The molecule has 0 bridgehead atoms. The quantitative estimate of drug-likeness (QED) is 0.0199. The maximum atomic E-state index is 13.5. The normalized spacial score (nSPS) is 26.0. The van der Waals surface area contributed by atoms with Crippen molar-refractivity contribution in [2.24, 2.45) is 0 Å². The molecule has 19 nitrogen and oxygen atoms in total. The fourth-order valence-corrected chi connectivity index (χ4v) is 15.0. The average Bonchev–Trinajstić information content (AvgIpc) is 0.782. The van der Waals surface area contributed by atoms with Crippen molar-refractivity contribution in [1.82, 2.24) is 5.32 Å². The Morgan fingerprint density at radius 1 is 0.337 bits per heavy atom. The number of carbonyl (C=O) groups excluding carboxylic acids is 1. The zero-order valence-electron chi connectivity index (χ0n) is 66.0. The lowest BCUT2D eigenvalue weighted by Gasteiger charge is -2.48. The Bertz CT molecular complexity index is 1970. The number of hydrogen-bond donors (Lipinski definition) is 12. The summed E-state index contributed by atoms with van der Waals surface area (Å²) in [4.78, 5) is 13.5. The number of hydrogen-bond acceptors (Lipinski definition) is 18. The second-order valence-electron chi connectivity index (χ2n) is 31.4. The van der Waals surface area contributed by atoms with Crippen molar-refractivity contribution in [3.63, 3.8) is 0 Å². The number of rotatable bonds is 71. The summed E-state index contributed by atoms with van der Waals surface area (Å²) in [6, 6.07) is -0.989. The minimum absolute atomic E-state index is 0.241. The van der Waals surface area contributed by atoms with Crippen LogP contribution in [0.25, 0.3) is 0 Å². The van der Waals surface area contributed by atoms with Gasteiger partial charge in [0.05, 0.1) is 38.6 Å². The van der Waals surface area contributed by atoms with Gasteiger partial charge in [0.2, 0.25) is 5.91 Å². The third-order valence-corrected chi connectivity index (χ3v) is 22.0. The van der Waals surface area contributed by atoms with Crippen LogP contribution in [-0.4, -0.2) is 193 Å². The molecule has 17 atom stereocenters. The summed E-state index contributed by atoms with van der Waals surface area (Å²) < 4.78 is 34.5. The second-order valence-corrected chi connectivity index (χ2v) is 31.4. The lowest BCUT2D eigenvalue weighted by Crippen LogP contribution is -2.66. The number of aliphatic hydroxyl groups excluding tert-OH is 11. The molecule has 0 aromatic heterocycles. The largest absolute Gasteiger partial charge is 0.394 e. The van der Waals surface area contributed by atoms with E-state index >= 15 is 0 Å². The summed E-state index contributed by atoms with van der Waals surface area (Å²) in [5.74, 6) is -0.276. The lowest BCUT2D eigenvalue weighted by molar-refractivity contribution is -0.379. The van der Waals surface area contributed by atoms with Crippen molar-refractivity contribution >= 4 is 5.91 Å². The van der Waals surface area contributed by atoms with Gasteiger partial charge < -0.3 is 89.9 Å². The number of nitrogens with one attached hydrogen (secondary N) is 1. The SMILES string of the molecule is CCCCCCCCCCCCCCCCCC/C=C/CC/C=C/C(O)C(COC1OC(CO)C(OC2OC(CO)C(OC3OC(CO)C(O)C(O)C3O)C(O)C2O)C(O)C1O)NC(=O)CCCCCCCCCCCCCCCCCCCCCCCCCCCCCCCCCCCCCCC. The van der Waals surface area contributed by atoms with E-state index in [1.165, 1.54) is 308 Å². The minimum atomic E-state index is -1.98. The summed E-state index contributed by atoms with van der Waals surface area (Å²) in [6.45, 7) is 1.78. The molecule has 0 saturated carbocycles. The Morgan fingerprint density at radius 2 is 0.615 bits per heavy atom. The van der Waals surface area contributed by atoms with E-state index in [2.05, 4.69) is 31.3 Å². The summed E-state index contributed by atoms with van der Waals surface area (Å²) in [6.07, 6.45) is 54.9. The molecule has 17 unspecified atom stereocenters. The van der Waals surface area contributed by atoms with Crippen LogP contribution in [0.1, 0.15) is 380 Å². The number of ether oxygens (including phenoxy) is 6. The van der Waals surface area contributed by atoms with Crippen LogP contribution in [0.4, 0.5) is 0 Å². The number of carbonyl (C=O) groups is 1. The van der Waals surface area contributed by atoms with Gasteiger partial charge in [-0.15, -0.1) is 0 Å². The Kier molecular flexibility index (Phi) is 61.2. The van der Waals surface area contributed by atoms with Gasteiger partial charge in [0.1, 0.15) is 73.2 Å². The minimum Gasteiger partial charge on any atom is -0.394 e.